The van der Waals surface area contributed by atoms with Gasteiger partial charge in [-0.3, -0.25) is 9.69 Å². The molecule has 1 fully saturated rings. The molecule has 0 radical (unpaired) electrons. The van der Waals surface area contributed by atoms with Gasteiger partial charge in [0.05, 0.1) is 6.54 Å². The maximum Gasteiger partial charge on any atom is 0.246 e. The molecule has 0 spiro atoms. The van der Waals surface area contributed by atoms with Gasteiger partial charge in [-0.1, -0.05) is 31.2 Å². The van der Waals surface area contributed by atoms with E-state index in [4.69, 9.17) is 0 Å². The average Bonchev–Trinajstić information content (AvgIpc) is 2.77. The van der Waals surface area contributed by atoms with Gasteiger partial charge in [-0.2, -0.15) is 4.31 Å². The Bertz CT molecular complexity index is 1010. The lowest BCUT2D eigenvalue weighted by atomic mass is 10.1. The summed E-state index contributed by atoms with van der Waals surface area (Å²) in [6.45, 7) is 5.43. The van der Waals surface area contributed by atoms with E-state index in [0.717, 1.165) is 11.6 Å². The minimum atomic E-state index is -3.94. The Morgan fingerprint density at radius 1 is 1.03 bits per heavy atom. The Kier molecular flexibility index (Phi) is 7.40. The van der Waals surface area contributed by atoms with Gasteiger partial charge in [-0.15, -0.1) is 0 Å². The lowest BCUT2D eigenvalue weighted by Crippen LogP contribution is -2.52. The quantitative estimate of drug-likeness (QED) is 0.650. The zero-order valence-corrected chi connectivity index (χ0v) is 18.5. The molecule has 31 heavy (non-hydrogen) atoms. The van der Waals surface area contributed by atoms with Crippen LogP contribution >= 0.6 is 0 Å². The molecular formula is C22H27F2N3O3S. The monoisotopic (exact) mass is 451 g/mol. The fraction of sp³-hybridized carbons (Fsp3) is 0.409. The fourth-order valence-electron chi connectivity index (χ4n) is 3.72. The number of nitrogens with zero attached hydrogens (tertiary/aromatic N) is 3. The summed E-state index contributed by atoms with van der Waals surface area (Å²) in [6, 6.07) is 11.4. The minimum Gasteiger partial charge on any atom is -0.339 e. The van der Waals surface area contributed by atoms with Crippen LogP contribution in [0.3, 0.4) is 0 Å². The summed E-state index contributed by atoms with van der Waals surface area (Å²) in [4.78, 5) is 16.1. The van der Waals surface area contributed by atoms with Crippen molar-refractivity contribution in [2.75, 3.05) is 39.3 Å². The molecule has 0 aliphatic carbocycles. The van der Waals surface area contributed by atoms with Crippen molar-refractivity contribution in [3.8, 4) is 0 Å². The number of rotatable bonds is 7. The summed E-state index contributed by atoms with van der Waals surface area (Å²) in [5.74, 6) is -1.19. The normalized spacial score (nSPS) is 16.5. The van der Waals surface area contributed by atoms with Gasteiger partial charge in [0.1, 0.15) is 16.5 Å². The van der Waals surface area contributed by atoms with Crippen LogP contribution in [0.15, 0.2) is 53.4 Å². The van der Waals surface area contributed by atoms with Crippen molar-refractivity contribution >= 4 is 15.9 Å². The third kappa shape index (κ3) is 5.28. The largest absolute Gasteiger partial charge is 0.339 e. The number of halogens is 2. The van der Waals surface area contributed by atoms with Crippen LogP contribution in [0.2, 0.25) is 0 Å². The summed E-state index contributed by atoms with van der Waals surface area (Å²) in [5.41, 5.74) is 0.914. The second kappa shape index (κ2) is 9.84. The smallest absolute Gasteiger partial charge is 0.246 e. The van der Waals surface area contributed by atoms with E-state index in [0.29, 0.717) is 6.54 Å². The van der Waals surface area contributed by atoms with E-state index in [1.807, 2.05) is 18.7 Å². The Morgan fingerprint density at radius 2 is 1.65 bits per heavy atom. The summed E-state index contributed by atoms with van der Waals surface area (Å²) in [6.07, 6.45) is 0. The van der Waals surface area contributed by atoms with E-state index in [2.05, 4.69) is 0 Å². The van der Waals surface area contributed by atoms with E-state index in [1.165, 1.54) is 34.6 Å². The molecule has 1 heterocycles. The Balaban J connectivity index is 1.60. The van der Waals surface area contributed by atoms with Crippen LogP contribution in [-0.4, -0.2) is 67.7 Å². The Morgan fingerprint density at radius 3 is 2.23 bits per heavy atom. The van der Waals surface area contributed by atoms with Crippen LogP contribution < -0.4 is 0 Å². The van der Waals surface area contributed by atoms with Crippen LogP contribution in [0, 0.1) is 11.6 Å². The van der Waals surface area contributed by atoms with Gasteiger partial charge in [0, 0.05) is 32.2 Å². The maximum absolute atomic E-state index is 14.0. The molecule has 0 aromatic heterocycles. The number of piperazine rings is 1. The van der Waals surface area contributed by atoms with Gasteiger partial charge < -0.3 is 4.90 Å². The van der Waals surface area contributed by atoms with Gasteiger partial charge in [0.2, 0.25) is 15.9 Å². The topological polar surface area (TPSA) is 60.9 Å². The van der Waals surface area contributed by atoms with E-state index >= 15 is 0 Å². The standard InChI is InChI=1S/C22H27F2N3O3S/c1-3-25(17(2)18-8-10-19(23)11-9-18)16-22(28)26-12-14-27(15-13-26)31(29,30)21-7-5-4-6-20(21)24/h4-11,17H,3,12-16H2,1-2H3. The maximum atomic E-state index is 14.0. The van der Waals surface area contributed by atoms with E-state index < -0.39 is 15.8 Å². The van der Waals surface area contributed by atoms with Crippen LogP contribution in [0.1, 0.15) is 25.5 Å². The number of hydrogen-bond acceptors (Lipinski definition) is 4. The molecule has 3 rings (SSSR count). The van der Waals surface area contributed by atoms with Crippen LogP contribution in [-0.2, 0) is 14.8 Å². The summed E-state index contributed by atoms with van der Waals surface area (Å²) < 4.78 is 53.8. The molecular weight excluding hydrogens is 424 g/mol. The highest BCUT2D eigenvalue weighted by Crippen LogP contribution is 2.22. The highest BCUT2D eigenvalue weighted by atomic mass is 32.2. The first kappa shape index (κ1) is 23.3. The number of likely N-dealkylation sites (N-methyl/N-ethyl adjacent to an activating group) is 1. The molecule has 1 amide bonds. The summed E-state index contributed by atoms with van der Waals surface area (Å²) >= 11 is 0. The SMILES string of the molecule is CCN(CC(=O)N1CCN(S(=O)(=O)c2ccccc2F)CC1)C(C)c1ccc(F)cc1. The first-order valence-corrected chi connectivity index (χ1v) is 11.7. The first-order valence-electron chi connectivity index (χ1n) is 10.3. The van der Waals surface area contributed by atoms with Crippen molar-refractivity contribution in [2.24, 2.45) is 0 Å². The molecule has 0 bridgehead atoms. The van der Waals surface area contributed by atoms with Crippen molar-refractivity contribution in [1.82, 2.24) is 14.1 Å². The summed E-state index contributed by atoms with van der Waals surface area (Å²) in [7, 11) is -3.94. The van der Waals surface area contributed by atoms with E-state index in [-0.39, 0.29) is 55.4 Å². The number of hydrogen-bond donors (Lipinski definition) is 0. The molecule has 9 heteroatoms. The number of carbonyl (C=O) groups is 1. The van der Waals surface area contributed by atoms with Gasteiger partial charge in [0.15, 0.2) is 0 Å². The molecule has 2 aromatic rings. The molecule has 1 aliphatic heterocycles. The second-order valence-corrected chi connectivity index (χ2v) is 9.41. The lowest BCUT2D eigenvalue weighted by molar-refractivity contribution is -0.134. The molecule has 6 nitrogen and oxygen atoms in total. The van der Waals surface area contributed by atoms with Crippen LogP contribution in [0.5, 0.6) is 0 Å². The lowest BCUT2D eigenvalue weighted by Gasteiger charge is -2.36. The number of benzene rings is 2. The molecule has 1 saturated heterocycles. The first-order chi connectivity index (χ1) is 14.7. The average molecular weight is 452 g/mol. The van der Waals surface area contributed by atoms with Crippen molar-refractivity contribution in [1.29, 1.82) is 0 Å². The predicted octanol–water partition coefficient (Wildman–Crippen LogP) is 2.88. The number of sulfonamides is 1. The summed E-state index contributed by atoms with van der Waals surface area (Å²) in [5, 5.41) is 0. The van der Waals surface area contributed by atoms with E-state index in [9.17, 15) is 22.0 Å². The van der Waals surface area contributed by atoms with Crippen molar-refractivity contribution in [2.45, 2.75) is 24.8 Å². The van der Waals surface area contributed by atoms with Crippen molar-refractivity contribution in [3.05, 3.63) is 65.7 Å². The zero-order chi connectivity index (χ0) is 22.6. The van der Waals surface area contributed by atoms with Gasteiger partial charge in [-0.25, -0.2) is 17.2 Å². The molecule has 0 saturated carbocycles. The molecule has 0 N–H and O–H groups in total. The van der Waals surface area contributed by atoms with Gasteiger partial charge >= 0.3 is 0 Å². The highest BCUT2D eigenvalue weighted by Gasteiger charge is 2.32. The van der Waals surface area contributed by atoms with Crippen LogP contribution in [0.4, 0.5) is 8.78 Å². The number of amides is 1. The highest BCUT2D eigenvalue weighted by molar-refractivity contribution is 7.89. The van der Waals surface area contributed by atoms with Crippen molar-refractivity contribution in [3.63, 3.8) is 0 Å². The second-order valence-electron chi connectivity index (χ2n) is 7.51. The number of carbonyl (C=O) groups excluding carboxylic acids is 1. The predicted molar refractivity (Wildman–Crippen MR) is 114 cm³/mol. The molecule has 168 valence electrons. The molecule has 1 aliphatic rings. The third-order valence-corrected chi connectivity index (χ3v) is 7.62. The molecule has 2 aromatic carbocycles. The van der Waals surface area contributed by atoms with Crippen molar-refractivity contribution < 1.29 is 22.0 Å². The van der Waals surface area contributed by atoms with Crippen LogP contribution in [0.25, 0.3) is 0 Å². The fourth-order valence-corrected chi connectivity index (χ4v) is 5.21. The molecule has 1 atom stereocenters. The van der Waals surface area contributed by atoms with Gasteiger partial charge in [0.25, 0.3) is 0 Å². The molecule has 1 unspecified atom stereocenters. The Hall–Kier alpha value is -2.36. The third-order valence-electron chi connectivity index (χ3n) is 5.69. The zero-order valence-electron chi connectivity index (χ0n) is 17.7. The van der Waals surface area contributed by atoms with E-state index in [1.54, 1.807) is 17.0 Å². The Labute approximate surface area is 182 Å². The van der Waals surface area contributed by atoms with Gasteiger partial charge in [-0.05, 0) is 43.3 Å². The minimum absolute atomic E-state index is 0.0720.